The molecule has 0 spiro atoms. The predicted octanol–water partition coefficient (Wildman–Crippen LogP) is 3.00. The van der Waals surface area contributed by atoms with Crippen molar-refractivity contribution in [1.29, 1.82) is 0 Å². The van der Waals surface area contributed by atoms with Crippen LogP contribution in [0.5, 0.6) is 0 Å². The average Bonchev–Trinajstić information content (AvgIpc) is 3.10. The normalized spacial score (nSPS) is 15.6. The molecular weight excluding hydrogens is 344 g/mol. The molecule has 0 amide bonds. The molecule has 2 rings (SSSR count). The molecule has 0 aromatic heterocycles. The van der Waals surface area contributed by atoms with Gasteiger partial charge in [-0.3, -0.25) is 14.4 Å². The molecule has 0 N–H and O–H groups in total. The first-order chi connectivity index (χ1) is 12.9. The third-order valence-corrected chi connectivity index (χ3v) is 4.65. The van der Waals surface area contributed by atoms with E-state index in [9.17, 15) is 14.4 Å². The Kier molecular flexibility index (Phi) is 6.36. The first-order valence-corrected chi connectivity index (χ1v) is 8.49. The number of allylic oxidation sites excluding steroid dienone is 4. The van der Waals surface area contributed by atoms with Crippen LogP contribution in [0.4, 0.5) is 0 Å². The summed E-state index contributed by atoms with van der Waals surface area (Å²) < 4.78 is 9.66. The highest BCUT2D eigenvalue weighted by atomic mass is 16.5. The molecule has 0 fully saturated rings. The summed E-state index contributed by atoms with van der Waals surface area (Å²) in [6.07, 6.45) is 1.71. The number of hydrogen-bond acceptors (Lipinski definition) is 5. The van der Waals surface area contributed by atoms with Gasteiger partial charge in [-0.1, -0.05) is 30.0 Å². The third-order valence-electron chi connectivity index (χ3n) is 4.65. The number of hydrogen-bond donors (Lipinski definition) is 0. The van der Waals surface area contributed by atoms with Crippen LogP contribution in [-0.2, 0) is 23.9 Å². The van der Waals surface area contributed by atoms with Crippen LogP contribution in [0.15, 0.2) is 53.1 Å². The summed E-state index contributed by atoms with van der Waals surface area (Å²) in [5.74, 6) is 4.38. The second-order valence-electron chi connectivity index (χ2n) is 6.39. The van der Waals surface area contributed by atoms with Crippen LogP contribution in [0.25, 0.3) is 0 Å². The van der Waals surface area contributed by atoms with E-state index in [1.807, 2.05) is 37.3 Å². The number of esters is 2. The number of carbonyl (C=O) groups excluding carboxylic acids is 3. The van der Waals surface area contributed by atoms with Gasteiger partial charge in [-0.25, -0.2) is 0 Å². The highest BCUT2D eigenvalue weighted by Gasteiger charge is 2.54. The molecular formula is C22H22O5. The van der Waals surface area contributed by atoms with Crippen molar-refractivity contribution in [2.45, 2.75) is 26.7 Å². The molecule has 0 heterocycles. The average molecular weight is 366 g/mol. The molecule has 0 saturated carbocycles. The summed E-state index contributed by atoms with van der Waals surface area (Å²) in [6.45, 7) is 3.23. The van der Waals surface area contributed by atoms with Crippen LogP contribution in [0, 0.1) is 17.3 Å². The maximum atomic E-state index is 12.4. The highest BCUT2D eigenvalue weighted by Crippen LogP contribution is 2.46. The number of carbonyl (C=O) groups is 3. The van der Waals surface area contributed by atoms with E-state index in [2.05, 4.69) is 11.8 Å². The third kappa shape index (κ3) is 4.17. The number of Topliss-reactive ketones (excluding diaryl/α,β-unsaturated/α-hetero) is 1. The molecule has 1 aromatic rings. The van der Waals surface area contributed by atoms with E-state index in [1.54, 1.807) is 6.08 Å². The Bertz CT molecular complexity index is 862. The Morgan fingerprint density at radius 1 is 0.963 bits per heavy atom. The molecule has 1 aliphatic carbocycles. The largest absolute Gasteiger partial charge is 0.468 e. The van der Waals surface area contributed by atoms with Crippen molar-refractivity contribution >= 4 is 17.7 Å². The van der Waals surface area contributed by atoms with Crippen LogP contribution >= 0.6 is 0 Å². The second-order valence-corrected chi connectivity index (χ2v) is 6.39. The Labute approximate surface area is 159 Å². The molecule has 1 aromatic carbocycles. The second kappa shape index (κ2) is 8.50. The van der Waals surface area contributed by atoms with Gasteiger partial charge in [-0.05, 0) is 43.2 Å². The number of ether oxygens (including phenoxy) is 2. The van der Waals surface area contributed by atoms with Crippen LogP contribution in [0.3, 0.4) is 0 Å². The van der Waals surface area contributed by atoms with Crippen LogP contribution in [0.1, 0.15) is 32.3 Å². The number of ketones is 1. The van der Waals surface area contributed by atoms with Gasteiger partial charge in [-0.2, -0.15) is 0 Å². The molecule has 0 radical (unpaired) electrons. The highest BCUT2D eigenvalue weighted by molar-refractivity contribution is 6.06. The molecule has 1 aliphatic rings. The SMILES string of the molecule is COC(=O)C1(C(=O)OC)CC(C(C)=O)=C(/C(C)=C/C#Cc2ccccc2)C1. The summed E-state index contributed by atoms with van der Waals surface area (Å²) in [4.78, 5) is 36.9. The summed E-state index contributed by atoms with van der Waals surface area (Å²) in [6, 6.07) is 9.50. The van der Waals surface area contributed by atoms with Gasteiger partial charge in [0.2, 0.25) is 0 Å². The van der Waals surface area contributed by atoms with E-state index < -0.39 is 17.4 Å². The molecule has 5 nitrogen and oxygen atoms in total. The molecule has 0 saturated heterocycles. The fraction of sp³-hybridized carbons (Fsp3) is 0.318. The van der Waals surface area contributed by atoms with Gasteiger partial charge < -0.3 is 9.47 Å². The Balaban J connectivity index is 2.40. The van der Waals surface area contributed by atoms with Crippen molar-refractivity contribution < 1.29 is 23.9 Å². The number of benzene rings is 1. The van der Waals surface area contributed by atoms with Gasteiger partial charge in [0.1, 0.15) is 0 Å². The summed E-state index contributed by atoms with van der Waals surface area (Å²) in [5, 5.41) is 0. The van der Waals surface area contributed by atoms with E-state index in [0.717, 1.165) is 11.1 Å². The Hall–Kier alpha value is -3.13. The zero-order valence-electron chi connectivity index (χ0n) is 15.9. The lowest BCUT2D eigenvalue weighted by molar-refractivity contribution is -0.168. The van der Waals surface area contributed by atoms with Crippen molar-refractivity contribution in [1.82, 2.24) is 0 Å². The quantitative estimate of drug-likeness (QED) is 0.465. The first-order valence-electron chi connectivity index (χ1n) is 8.49. The molecule has 27 heavy (non-hydrogen) atoms. The van der Waals surface area contributed by atoms with Crippen molar-refractivity contribution in [2.24, 2.45) is 5.41 Å². The minimum Gasteiger partial charge on any atom is -0.468 e. The topological polar surface area (TPSA) is 69.7 Å². The summed E-state index contributed by atoms with van der Waals surface area (Å²) in [5.41, 5.74) is 1.15. The van der Waals surface area contributed by atoms with Gasteiger partial charge in [0, 0.05) is 24.0 Å². The zero-order chi connectivity index (χ0) is 20.0. The predicted molar refractivity (Wildman–Crippen MR) is 100 cm³/mol. The molecule has 5 heteroatoms. The lowest BCUT2D eigenvalue weighted by Crippen LogP contribution is -2.39. The van der Waals surface area contributed by atoms with E-state index in [4.69, 9.17) is 9.47 Å². The minimum absolute atomic E-state index is 0.0334. The fourth-order valence-electron chi connectivity index (χ4n) is 3.19. The monoisotopic (exact) mass is 366 g/mol. The van der Waals surface area contributed by atoms with Gasteiger partial charge in [0.05, 0.1) is 14.2 Å². The van der Waals surface area contributed by atoms with E-state index in [-0.39, 0.29) is 18.6 Å². The van der Waals surface area contributed by atoms with Crippen LogP contribution in [-0.4, -0.2) is 31.9 Å². The van der Waals surface area contributed by atoms with Gasteiger partial charge in [0.25, 0.3) is 0 Å². The van der Waals surface area contributed by atoms with Crippen molar-refractivity contribution in [3.8, 4) is 11.8 Å². The van der Waals surface area contributed by atoms with Crippen LogP contribution < -0.4 is 0 Å². The lowest BCUT2D eigenvalue weighted by atomic mass is 9.83. The summed E-state index contributed by atoms with van der Waals surface area (Å²) in [7, 11) is 2.43. The fourth-order valence-corrected chi connectivity index (χ4v) is 3.19. The Morgan fingerprint density at radius 3 is 2.04 bits per heavy atom. The molecule has 0 unspecified atom stereocenters. The van der Waals surface area contributed by atoms with Crippen molar-refractivity contribution in [3.63, 3.8) is 0 Å². The van der Waals surface area contributed by atoms with Crippen LogP contribution in [0.2, 0.25) is 0 Å². The first kappa shape index (κ1) is 20.2. The van der Waals surface area contributed by atoms with E-state index in [1.165, 1.54) is 21.1 Å². The Morgan fingerprint density at radius 2 is 1.52 bits per heavy atom. The molecule has 0 aliphatic heterocycles. The standard InChI is InChI=1S/C22H22O5/c1-15(9-8-12-17-10-6-5-7-11-17)18-13-22(20(24)26-3,21(25)27-4)14-19(18)16(2)23/h5-7,9-11H,13-14H2,1-4H3/b15-9+. The van der Waals surface area contributed by atoms with Gasteiger partial charge in [-0.15, -0.1) is 0 Å². The maximum Gasteiger partial charge on any atom is 0.323 e. The molecule has 140 valence electrons. The smallest absolute Gasteiger partial charge is 0.323 e. The minimum atomic E-state index is -1.53. The number of rotatable bonds is 4. The zero-order valence-corrected chi connectivity index (χ0v) is 15.9. The van der Waals surface area contributed by atoms with E-state index in [0.29, 0.717) is 11.1 Å². The summed E-state index contributed by atoms with van der Waals surface area (Å²) >= 11 is 0. The van der Waals surface area contributed by atoms with Crippen molar-refractivity contribution in [2.75, 3.05) is 14.2 Å². The molecule has 0 atom stereocenters. The van der Waals surface area contributed by atoms with E-state index >= 15 is 0 Å². The lowest BCUT2D eigenvalue weighted by Gasteiger charge is -2.23. The van der Waals surface area contributed by atoms with Gasteiger partial charge >= 0.3 is 11.9 Å². The van der Waals surface area contributed by atoms with Crippen molar-refractivity contribution in [3.05, 3.63) is 58.7 Å². The van der Waals surface area contributed by atoms with Gasteiger partial charge in [0.15, 0.2) is 11.2 Å². The molecule has 0 bridgehead atoms. The maximum absolute atomic E-state index is 12.4. The number of methoxy groups -OCH3 is 2.